The molecule has 1 aliphatic carbocycles. The lowest BCUT2D eigenvalue weighted by atomic mass is 9.92. The third-order valence-corrected chi connectivity index (χ3v) is 7.58. The fourth-order valence-electron chi connectivity index (χ4n) is 3.80. The molecule has 144 valence electrons. The third-order valence-electron chi connectivity index (χ3n) is 5.57. The topological polar surface area (TPSA) is 102 Å². The molecule has 0 atom stereocenters. The summed E-state index contributed by atoms with van der Waals surface area (Å²) in [6, 6.07) is 6.12. The second-order valence-electron chi connectivity index (χ2n) is 7.41. The third kappa shape index (κ3) is 2.93. The number of sulfone groups is 1. The highest BCUT2D eigenvalue weighted by atomic mass is 35.5. The fraction of sp³-hybridized carbons (Fsp3) is 0.300. The monoisotopic (exact) mass is 414 g/mol. The molecule has 1 saturated carbocycles. The molecule has 3 aromatic rings. The lowest BCUT2D eigenvalue weighted by molar-refractivity contribution is 0.322. The van der Waals surface area contributed by atoms with E-state index >= 15 is 0 Å². The van der Waals surface area contributed by atoms with Crippen molar-refractivity contribution in [2.24, 2.45) is 0 Å². The zero-order valence-corrected chi connectivity index (χ0v) is 17.0. The molecule has 0 saturated heterocycles. The Morgan fingerprint density at radius 2 is 2.00 bits per heavy atom. The molecular formula is C20H19ClN4O2S. The Hall–Kier alpha value is -2.56. The normalized spacial score (nSPS) is 19.4. The number of pyridine rings is 1. The lowest BCUT2D eigenvalue weighted by Gasteiger charge is -2.35. The van der Waals surface area contributed by atoms with Gasteiger partial charge in [-0.3, -0.25) is 4.98 Å². The first-order valence-corrected chi connectivity index (χ1v) is 11.2. The molecule has 0 amide bonds. The minimum absolute atomic E-state index is 0.0797. The molecule has 2 heterocycles. The Labute approximate surface area is 168 Å². The van der Waals surface area contributed by atoms with Crippen LogP contribution in [0.3, 0.4) is 0 Å². The molecule has 0 bridgehead atoms. The first kappa shape index (κ1) is 18.8. The Morgan fingerprint density at radius 1 is 1.29 bits per heavy atom. The number of aromatic nitrogens is 2. The summed E-state index contributed by atoms with van der Waals surface area (Å²) in [6.07, 6.45) is 7.56. The van der Waals surface area contributed by atoms with E-state index in [1.807, 2.05) is 25.3 Å². The van der Waals surface area contributed by atoms with E-state index in [2.05, 4.69) is 15.6 Å². The Kier molecular flexibility index (Phi) is 4.36. The van der Waals surface area contributed by atoms with Crippen molar-refractivity contribution in [3.63, 3.8) is 0 Å². The molecule has 6 nitrogen and oxygen atoms in total. The summed E-state index contributed by atoms with van der Waals surface area (Å²) in [6.45, 7) is 1.89. The molecule has 1 fully saturated rings. The van der Waals surface area contributed by atoms with E-state index in [1.165, 1.54) is 12.5 Å². The minimum atomic E-state index is -3.04. The number of nitrogens with two attached hydrogens (primary N) is 1. The zero-order valence-electron chi connectivity index (χ0n) is 15.5. The maximum Gasteiger partial charge on any atom is 0.150 e. The van der Waals surface area contributed by atoms with Crippen molar-refractivity contribution in [1.82, 2.24) is 9.55 Å². The van der Waals surface area contributed by atoms with Gasteiger partial charge < -0.3 is 10.3 Å². The molecule has 0 radical (unpaired) electrons. The molecule has 0 spiro atoms. The van der Waals surface area contributed by atoms with Crippen molar-refractivity contribution >= 4 is 38.0 Å². The van der Waals surface area contributed by atoms with Crippen molar-refractivity contribution in [2.75, 3.05) is 12.0 Å². The number of nitrogen functional groups attached to an aromatic ring is 1. The zero-order chi connectivity index (χ0) is 20.2. The van der Waals surface area contributed by atoms with Crippen LogP contribution in [0.2, 0.25) is 5.02 Å². The summed E-state index contributed by atoms with van der Waals surface area (Å²) in [5.74, 6) is 0. The van der Waals surface area contributed by atoms with Crippen LogP contribution in [0.15, 0.2) is 30.7 Å². The van der Waals surface area contributed by atoms with Gasteiger partial charge in [0.05, 0.1) is 33.8 Å². The first-order chi connectivity index (χ1) is 13.2. The van der Waals surface area contributed by atoms with Crippen LogP contribution >= 0.6 is 11.6 Å². The molecule has 28 heavy (non-hydrogen) atoms. The van der Waals surface area contributed by atoms with Gasteiger partial charge in [-0.05, 0) is 37.5 Å². The van der Waals surface area contributed by atoms with Crippen LogP contribution in [0.1, 0.15) is 30.0 Å². The highest BCUT2D eigenvalue weighted by molar-refractivity contribution is 7.91. The van der Waals surface area contributed by atoms with E-state index < -0.39 is 9.84 Å². The van der Waals surface area contributed by atoms with E-state index in [4.69, 9.17) is 17.3 Å². The molecular weight excluding hydrogens is 396 g/mol. The second kappa shape index (κ2) is 6.50. The lowest BCUT2D eigenvalue weighted by Crippen LogP contribution is -2.36. The number of nitriles is 1. The molecule has 2 aromatic heterocycles. The number of rotatable bonds is 3. The van der Waals surface area contributed by atoms with Crippen LogP contribution in [0.5, 0.6) is 0 Å². The van der Waals surface area contributed by atoms with E-state index in [9.17, 15) is 13.7 Å². The van der Waals surface area contributed by atoms with Crippen LogP contribution in [0.4, 0.5) is 5.69 Å². The summed E-state index contributed by atoms with van der Waals surface area (Å²) in [4.78, 5) is 4.16. The number of benzene rings is 1. The Morgan fingerprint density at radius 3 is 2.64 bits per heavy atom. The van der Waals surface area contributed by atoms with Gasteiger partial charge in [0, 0.05) is 46.7 Å². The van der Waals surface area contributed by atoms with E-state index in [0.29, 0.717) is 34.7 Å². The number of nitrogens with zero attached hydrogens (tertiary/aromatic N) is 3. The van der Waals surface area contributed by atoms with Gasteiger partial charge in [-0.2, -0.15) is 5.26 Å². The number of aryl methyl sites for hydroxylation is 1. The van der Waals surface area contributed by atoms with Crippen LogP contribution in [0, 0.1) is 18.3 Å². The van der Waals surface area contributed by atoms with Gasteiger partial charge in [0.2, 0.25) is 0 Å². The number of hydrogen-bond acceptors (Lipinski definition) is 5. The molecule has 1 aliphatic rings. The molecule has 0 aliphatic heterocycles. The van der Waals surface area contributed by atoms with Gasteiger partial charge in [0.25, 0.3) is 0 Å². The molecule has 2 N–H and O–H groups in total. The molecule has 0 unspecified atom stereocenters. The van der Waals surface area contributed by atoms with Gasteiger partial charge in [-0.25, -0.2) is 8.42 Å². The van der Waals surface area contributed by atoms with Gasteiger partial charge in [-0.1, -0.05) is 11.6 Å². The van der Waals surface area contributed by atoms with Crippen molar-refractivity contribution < 1.29 is 8.42 Å². The van der Waals surface area contributed by atoms with Crippen LogP contribution < -0.4 is 5.73 Å². The average Bonchev–Trinajstić information content (AvgIpc) is 2.92. The predicted molar refractivity (Wildman–Crippen MR) is 111 cm³/mol. The standard InChI is InChI=1S/C20H19ClN4O2S/c1-11-3-19-15(4-12(11)7-22)17(16-8-24-9-18(23)20(16)21)10-25(19)13-5-14(6-13)28(2,26)27/h3-4,8-10,13-14H,5-6,23H2,1-2H3. The summed E-state index contributed by atoms with van der Waals surface area (Å²) in [5.41, 5.74) is 10.2. The van der Waals surface area contributed by atoms with Crippen molar-refractivity contribution in [2.45, 2.75) is 31.1 Å². The van der Waals surface area contributed by atoms with E-state index in [-0.39, 0.29) is 11.3 Å². The van der Waals surface area contributed by atoms with Crippen LogP contribution in [-0.4, -0.2) is 29.5 Å². The largest absolute Gasteiger partial charge is 0.396 e. The molecule has 1 aromatic carbocycles. The Balaban J connectivity index is 1.91. The molecule has 8 heteroatoms. The highest BCUT2D eigenvalue weighted by Crippen LogP contribution is 2.43. The summed E-state index contributed by atoms with van der Waals surface area (Å²) in [5, 5.41) is 10.4. The van der Waals surface area contributed by atoms with E-state index in [1.54, 1.807) is 6.20 Å². The maximum atomic E-state index is 11.8. The first-order valence-electron chi connectivity index (χ1n) is 8.84. The summed E-state index contributed by atoms with van der Waals surface area (Å²) >= 11 is 6.43. The van der Waals surface area contributed by atoms with Gasteiger partial charge in [-0.15, -0.1) is 0 Å². The summed E-state index contributed by atoms with van der Waals surface area (Å²) in [7, 11) is -3.04. The summed E-state index contributed by atoms with van der Waals surface area (Å²) < 4.78 is 25.7. The second-order valence-corrected chi connectivity index (χ2v) is 10.1. The van der Waals surface area contributed by atoms with Crippen molar-refractivity contribution in [3.8, 4) is 17.2 Å². The molecule has 4 rings (SSSR count). The minimum Gasteiger partial charge on any atom is -0.396 e. The number of anilines is 1. The quantitative estimate of drug-likeness (QED) is 0.700. The van der Waals surface area contributed by atoms with E-state index in [0.717, 1.165) is 22.0 Å². The van der Waals surface area contributed by atoms with Gasteiger partial charge in [0.1, 0.15) is 9.84 Å². The number of hydrogen-bond donors (Lipinski definition) is 1. The number of halogens is 1. The Bertz CT molecular complexity index is 1250. The predicted octanol–water partition coefficient (Wildman–Crippen LogP) is 3.87. The van der Waals surface area contributed by atoms with Crippen molar-refractivity contribution in [1.29, 1.82) is 5.26 Å². The van der Waals surface area contributed by atoms with Crippen molar-refractivity contribution in [3.05, 3.63) is 46.9 Å². The average molecular weight is 415 g/mol. The van der Waals surface area contributed by atoms with Gasteiger partial charge in [0.15, 0.2) is 0 Å². The van der Waals surface area contributed by atoms with Crippen LogP contribution in [0.25, 0.3) is 22.0 Å². The highest BCUT2D eigenvalue weighted by Gasteiger charge is 2.38. The number of fused-ring (bicyclic) bond motifs is 1. The van der Waals surface area contributed by atoms with Crippen LogP contribution in [-0.2, 0) is 9.84 Å². The maximum absolute atomic E-state index is 11.8. The van der Waals surface area contributed by atoms with Gasteiger partial charge >= 0.3 is 0 Å². The SMILES string of the molecule is Cc1cc2c(cc1C#N)c(-c1cncc(N)c1Cl)cn2C1CC(S(C)(=O)=O)C1. The smallest absolute Gasteiger partial charge is 0.150 e. The fourth-order valence-corrected chi connectivity index (χ4v) is 5.14.